The van der Waals surface area contributed by atoms with Crippen LogP contribution >= 0.6 is 0 Å². The lowest BCUT2D eigenvalue weighted by Crippen LogP contribution is -2.60. The Morgan fingerprint density at radius 2 is 2.10 bits per heavy atom. The van der Waals surface area contributed by atoms with Crippen molar-refractivity contribution in [1.29, 1.82) is 0 Å². The summed E-state index contributed by atoms with van der Waals surface area (Å²) in [7, 11) is 0. The summed E-state index contributed by atoms with van der Waals surface area (Å²) in [6.07, 6.45) is 5.54. The second-order valence-corrected chi connectivity index (χ2v) is 6.60. The van der Waals surface area contributed by atoms with Crippen molar-refractivity contribution in [3.63, 3.8) is 0 Å². The molecular weight excluding hydrogens is 248 g/mol. The van der Waals surface area contributed by atoms with Crippen LogP contribution in [0.5, 0.6) is 5.75 Å². The highest BCUT2D eigenvalue weighted by Gasteiger charge is 2.42. The molecule has 2 heterocycles. The molecule has 2 fully saturated rings. The van der Waals surface area contributed by atoms with Crippen molar-refractivity contribution in [2.75, 3.05) is 32.8 Å². The van der Waals surface area contributed by atoms with Gasteiger partial charge in [0.2, 0.25) is 0 Å². The normalized spacial score (nSPS) is 28.5. The Kier molecular flexibility index (Phi) is 3.20. The third-order valence-electron chi connectivity index (χ3n) is 5.46. The van der Waals surface area contributed by atoms with Gasteiger partial charge in [0.05, 0.1) is 6.61 Å². The largest absolute Gasteiger partial charge is 0.493 e. The van der Waals surface area contributed by atoms with Crippen molar-refractivity contribution in [3.05, 3.63) is 29.8 Å². The molecule has 1 saturated heterocycles. The predicted molar refractivity (Wildman–Crippen MR) is 80.3 cm³/mol. The van der Waals surface area contributed by atoms with Crippen molar-refractivity contribution in [2.24, 2.45) is 0 Å². The first-order valence-corrected chi connectivity index (χ1v) is 8.05. The number of piperazine rings is 1. The number of para-hydroxylation sites is 1. The van der Waals surface area contributed by atoms with Gasteiger partial charge in [-0.3, -0.25) is 4.90 Å². The van der Waals surface area contributed by atoms with Crippen LogP contribution in [0.2, 0.25) is 0 Å². The monoisotopic (exact) mass is 272 g/mol. The third-order valence-corrected chi connectivity index (χ3v) is 5.46. The maximum atomic E-state index is 5.86. The van der Waals surface area contributed by atoms with Crippen LogP contribution in [-0.2, 0) is 0 Å². The van der Waals surface area contributed by atoms with Crippen LogP contribution in [0.3, 0.4) is 0 Å². The SMILES string of the molecule is c1ccc2c(c1)OCC2CN1CCNCC12CCCC2. The molecule has 0 amide bonds. The van der Waals surface area contributed by atoms with Gasteiger partial charge in [-0.05, 0) is 18.9 Å². The molecule has 1 spiro atoms. The van der Waals surface area contributed by atoms with E-state index >= 15 is 0 Å². The van der Waals surface area contributed by atoms with Crippen molar-refractivity contribution >= 4 is 0 Å². The van der Waals surface area contributed by atoms with E-state index in [-0.39, 0.29) is 0 Å². The zero-order chi connectivity index (χ0) is 13.4. The standard InChI is InChI=1S/C17H24N2O/c1-2-6-16-15(5-1)14(12-20-16)11-19-10-9-18-13-17(19)7-3-4-8-17/h1-2,5-6,14,18H,3-4,7-13H2. The minimum absolute atomic E-state index is 0.440. The smallest absolute Gasteiger partial charge is 0.122 e. The first-order valence-electron chi connectivity index (χ1n) is 8.05. The van der Waals surface area contributed by atoms with E-state index in [0.717, 1.165) is 18.9 Å². The second-order valence-electron chi connectivity index (χ2n) is 6.60. The summed E-state index contributed by atoms with van der Waals surface area (Å²) in [5.74, 6) is 1.66. The molecule has 0 aromatic heterocycles. The molecule has 1 aromatic rings. The molecule has 3 nitrogen and oxygen atoms in total. The van der Waals surface area contributed by atoms with Crippen LogP contribution < -0.4 is 10.1 Å². The van der Waals surface area contributed by atoms with E-state index in [1.165, 1.54) is 50.9 Å². The molecule has 20 heavy (non-hydrogen) atoms. The molecule has 1 aliphatic carbocycles. The summed E-state index contributed by atoms with van der Waals surface area (Å²) in [5.41, 5.74) is 1.86. The lowest BCUT2D eigenvalue weighted by Gasteiger charge is -2.46. The molecule has 3 aliphatic rings. The van der Waals surface area contributed by atoms with Crippen LogP contribution in [0.1, 0.15) is 37.2 Å². The van der Waals surface area contributed by atoms with Gasteiger partial charge in [-0.2, -0.15) is 0 Å². The highest BCUT2D eigenvalue weighted by molar-refractivity contribution is 5.39. The second kappa shape index (κ2) is 5.05. The van der Waals surface area contributed by atoms with Crippen molar-refractivity contribution in [1.82, 2.24) is 10.2 Å². The van der Waals surface area contributed by atoms with Crippen molar-refractivity contribution in [2.45, 2.75) is 37.1 Å². The fraction of sp³-hybridized carbons (Fsp3) is 0.647. The Labute approximate surface area is 121 Å². The Bertz CT molecular complexity index is 482. The summed E-state index contributed by atoms with van der Waals surface area (Å²) >= 11 is 0. The molecule has 3 heteroatoms. The number of fused-ring (bicyclic) bond motifs is 1. The van der Waals surface area contributed by atoms with Gasteiger partial charge in [-0.15, -0.1) is 0 Å². The average molecular weight is 272 g/mol. The lowest BCUT2D eigenvalue weighted by molar-refractivity contribution is 0.0562. The summed E-state index contributed by atoms with van der Waals surface area (Å²) in [6.45, 7) is 5.54. The summed E-state index contributed by atoms with van der Waals surface area (Å²) in [5, 5.41) is 3.62. The molecule has 1 N–H and O–H groups in total. The highest BCUT2D eigenvalue weighted by Crippen LogP contribution is 2.40. The minimum Gasteiger partial charge on any atom is -0.493 e. The first-order chi connectivity index (χ1) is 9.87. The van der Waals surface area contributed by atoms with E-state index in [2.05, 4.69) is 34.5 Å². The highest BCUT2D eigenvalue weighted by atomic mass is 16.5. The van der Waals surface area contributed by atoms with E-state index < -0.39 is 0 Å². The zero-order valence-electron chi connectivity index (χ0n) is 12.1. The number of hydrogen-bond acceptors (Lipinski definition) is 3. The molecule has 0 radical (unpaired) electrons. The van der Waals surface area contributed by atoms with Gasteiger partial charge in [0.1, 0.15) is 5.75 Å². The van der Waals surface area contributed by atoms with Crippen LogP contribution in [-0.4, -0.2) is 43.2 Å². The average Bonchev–Trinajstić information content (AvgIpc) is 3.10. The molecule has 4 rings (SSSR count). The molecular formula is C17H24N2O. The fourth-order valence-corrected chi connectivity index (χ4v) is 4.34. The Balaban J connectivity index is 1.53. The zero-order valence-corrected chi connectivity index (χ0v) is 12.1. The molecule has 1 atom stereocenters. The maximum Gasteiger partial charge on any atom is 0.122 e. The Hall–Kier alpha value is -1.06. The molecule has 1 unspecified atom stereocenters. The number of hydrogen-bond donors (Lipinski definition) is 1. The van der Waals surface area contributed by atoms with E-state index in [0.29, 0.717) is 11.5 Å². The molecule has 1 saturated carbocycles. The van der Waals surface area contributed by atoms with Gasteiger partial charge in [0.25, 0.3) is 0 Å². The first kappa shape index (κ1) is 12.7. The van der Waals surface area contributed by atoms with E-state index in [4.69, 9.17) is 4.74 Å². The van der Waals surface area contributed by atoms with E-state index in [9.17, 15) is 0 Å². The number of ether oxygens (including phenoxy) is 1. The topological polar surface area (TPSA) is 24.5 Å². The Morgan fingerprint density at radius 3 is 3.00 bits per heavy atom. The fourth-order valence-electron chi connectivity index (χ4n) is 4.34. The summed E-state index contributed by atoms with van der Waals surface area (Å²) < 4.78 is 5.86. The van der Waals surface area contributed by atoms with Gasteiger partial charge < -0.3 is 10.1 Å². The van der Waals surface area contributed by atoms with Crippen molar-refractivity contribution in [3.8, 4) is 5.75 Å². The van der Waals surface area contributed by atoms with Gasteiger partial charge >= 0.3 is 0 Å². The molecule has 1 aromatic carbocycles. The van der Waals surface area contributed by atoms with Gasteiger partial charge in [0, 0.05) is 43.2 Å². The maximum absolute atomic E-state index is 5.86. The van der Waals surface area contributed by atoms with Crippen LogP contribution in [0.25, 0.3) is 0 Å². The minimum atomic E-state index is 0.440. The van der Waals surface area contributed by atoms with E-state index in [1.807, 2.05) is 0 Å². The van der Waals surface area contributed by atoms with Crippen LogP contribution in [0, 0.1) is 0 Å². The Morgan fingerprint density at radius 1 is 1.25 bits per heavy atom. The third kappa shape index (κ3) is 2.04. The van der Waals surface area contributed by atoms with E-state index in [1.54, 1.807) is 0 Å². The number of nitrogens with one attached hydrogen (secondary N) is 1. The van der Waals surface area contributed by atoms with Crippen LogP contribution in [0.4, 0.5) is 0 Å². The number of nitrogens with zero attached hydrogens (tertiary/aromatic N) is 1. The van der Waals surface area contributed by atoms with Gasteiger partial charge in [-0.25, -0.2) is 0 Å². The lowest BCUT2D eigenvalue weighted by atomic mass is 9.90. The number of benzene rings is 1. The summed E-state index contributed by atoms with van der Waals surface area (Å²) in [6, 6.07) is 8.57. The molecule has 0 bridgehead atoms. The van der Waals surface area contributed by atoms with Gasteiger partial charge in [-0.1, -0.05) is 31.0 Å². The van der Waals surface area contributed by atoms with Gasteiger partial charge in [0.15, 0.2) is 0 Å². The molecule has 108 valence electrons. The predicted octanol–water partition coefficient (Wildman–Crippen LogP) is 2.38. The molecule has 2 aliphatic heterocycles. The quantitative estimate of drug-likeness (QED) is 0.894. The number of rotatable bonds is 2. The summed E-state index contributed by atoms with van der Waals surface area (Å²) in [4.78, 5) is 2.77. The van der Waals surface area contributed by atoms with Crippen LogP contribution in [0.15, 0.2) is 24.3 Å². The van der Waals surface area contributed by atoms with Crippen molar-refractivity contribution < 1.29 is 4.74 Å².